The minimum Gasteiger partial charge on any atom is -0.444 e. The van der Waals surface area contributed by atoms with E-state index in [0.717, 1.165) is 5.56 Å². The quantitative estimate of drug-likeness (QED) is 0.866. The number of carbonyl (C=O) groups excluding carboxylic acids is 2. The first-order valence-corrected chi connectivity index (χ1v) is 7.91. The van der Waals surface area contributed by atoms with E-state index in [4.69, 9.17) is 10.00 Å². The molecule has 0 aliphatic rings. The molecular formula is C18H25N3O3. The predicted octanol–water partition coefficient (Wildman–Crippen LogP) is 3.34. The summed E-state index contributed by atoms with van der Waals surface area (Å²) in [5.74, 6) is -0.111. The van der Waals surface area contributed by atoms with Crippen molar-refractivity contribution in [3.8, 4) is 6.07 Å². The number of nitrogens with zero attached hydrogens (tertiary/aromatic N) is 2. The second-order valence-corrected chi connectivity index (χ2v) is 6.59. The van der Waals surface area contributed by atoms with E-state index in [1.807, 2.05) is 32.9 Å². The van der Waals surface area contributed by atoms with Crippen molar-refractivity contribution in [1.29, 1.82) is 5.26 Å². The lowest BCUT2D eigenvalue weighted by Crippen LogP contribution is -2.35. The van der Waals surface area contributed by atoms with Gasteiger partial charge in [0, 0.05) is 25.7 Å². The van der Waals surface area contributed by atoms with Gasteiger partial charge in [-0.2, -0.15) is 5.26 Å². The first kappa shape index (κ1) is 19.5. The number of hydrogen-bond donors (Lipinski definition) is 1. The Bertz CT molecular complexity index is 597. The van der Waals surface area contributed by atoms with Crippen LogP contribution in [0.4, 0.5) is 10.5 Å². The van der Waals surface area contributed by atoms with E-state index >= 15 is 0 Å². The van der Waals surface area contributed by atoms with Gasteiger partial charge in [0.2, 0.25) is 5.91 Å². The molecule has 0 bridgehead atoms. The summed E-state index contributed by atoms with van der Waals surface area (Å²) in [4.78, 5) is 25.2. The van der Waals surface area contributed by atoms with Gasteiger partial charge >= 0.3 is 6.09 Å². The van der Waals surface area contributed by atoms with Crippen LogP contribution < -0.4 is 5.32 Å². The molecule has 24 heavy (non-hydrogen) atoms. The molecule has 0 saturated carbocycles. The minimum absolute atomic E-state index is 0.111. The van der Waals surface area contributed by atoms with Crippen molar-refractivity contribution in [3.05, 3.63) is 29.8 Å². The Morgan fingerprint density at radius 1 is 1.25 bits per heavy atom. The van der Waals surface area contributed by atoms with Gasteiger partial charge in [0.15, 0.2) is 0 Å². The molecule has 0 radical (unpaired) electrons. The smallest absolute Gasteiger partial charge is 0.410 e. The molecule has 0 heterocycles. The summed E-state index contributed by atoms with van der Waals surface area (Å²) in [5.41, 5.74) is 1.08. The number of amides is 2. The second-order valence-electron chi connectivity index (χ2n) is 6.59. The first-order chi connectivity index (χ1) is 11.2. The molecule has 0 atom stereocenters. The van der Waals surface area contributed by atoms with Gasteiger partial charge in [0.1, 0.15) is 5.60 Å². The van der Waals surface area contributed by atoms with Crippen molar-refractivity contribution in [1.82, 2.24) is 4.90 Å². The Labute approximate surface area is 143 Å². The van der Waals surface area contributed by atoms with Gasteiger partial charge < -0.3 is 15.0 Å². The molecule has 2 amide bonds. The van der Waals surface area contributed by atoms with Gasteiger partial charge in [0.05, 0.1) is 12.5 Å². The van der Waals surface area contributed by atoms with E-state index < -0.39 is 11.7 Å². The molecule has 130 valence electrons. The summed E-state index contributed by atoms with van der Waals surface area (Å²) in [6.45, 7) is 5.89. The second kappa shape index (κ2) is 8.92. The van der Waals surface area contributed by atoms with Crippen LogP contribution in [-0.4, -0.2) is 36.1 Å². The Morgan fingerprint density at radius 3 is 2.42 bits per heavy atom. The van der Waals surface area contributed by atoms with Crippen molar-refractivity contribution in [2.45, 2.75) is 45.6 Å². The van der Waals surface area contributed by atoms with Crippen LogP contribution in [0.1, 0.15) is 39.2 Å². The molecule has 1 aromatic rings. The minimum atomic E-state index is -0.527. The van der Waals surface area contributed by atoms with Crippen LogP contribution in [0.2, 0.25) is 0 Å². The van der Waals surface area contributed by atoms with Crippen molar-refractivity contribution in [2.24, 2.45) is 0 Å². The predicted molar refractivity (Wildman–Crippen MR) is 92.5 cm³/mol. The maximum atomic E-state index is 11.9. The fourth-order valence-electron chi connectivity index (χ4n) is 1.93. The van der Waals surface area contributed by atoms with Crippen LogP contribution in [0.15, 0.2) is 24.3 Å². The summed E-state index contributed by atoms with van der Waals surface area (Å²) in [6, 6.07) is 9.26. The number of rotatable bonds is 6. The molecule has 0 aromatic heterocycles. The normalized spacial score (nSPS) is 10.6. The Hall–Kier alpha value is -2.55. The Kier molecular flexibility index (Phi) is 7.25. The summed E-state index contributed by atoms with van der Waals surface area (Å²) < 4.78 is 5.25. The average Bonchev–Trinajstić information content (AvgIpc) is 2.47. The summed E-state index contributed by atoms with van der Waals surface area (Å²) in [6.07, 6.45) is 0.822. The van der Waals surface area contributed by atoms with Gasteiger partial charge in [0.25, 0.3) is 0 Å². The van der Waals surface area contributed by atoms with Crippen molar-refractivity contribution in [3.63, 3.8) is 0 Å². The summed E-state index contributed by atoms with van der Waals surface area (Å²) in [7, 11) is 1.65. The number of carbonyl (C=O) groups is 2. The van der Waals surface area contributed by atoms with E-state index in [0.29, 0.717) is 31.5 Å². The topological polar surface area (TPSA) is 82.4 Å². The summed E-state index contributed by atoms with van der Waals surface area (Å²) >= 11 is 0. The molecule has 0 aliphatic carbocycles. The van der Waals surface area contributed by atoms with E-state index in [1.54, 1.807) is 19.2 Å². The highest BCUT2D eigenvalue weighted by molar-refractivity contribution is 5.90. The Morgan fingerprint density at radius 2 is 1.88 bits per heavy atom. The number of benzene rings is 1. The number of hydrogen-bond acceptors (Lipinski definition) is 4. The van der Waals surface area contributed by atoms with Crippen LogP contribution in [0.3, 0.4) is 0 Å². The molecule has 0 saturated heterocycles. The molecule has 0 spiro atoms. The van der Waals surface area contributed by atoms with Gasteiger partial charge in [-0.1, -0.05) is 12.1 Å². The molecule has 1 rings (SSSR count). The number of nitrogens with one attached hydrogen (secondary N) is 1. The fourth-order valence-corrected chi connectivity index (χ4v) is 1.93. The number of anilines is 1. The molecule has 1 N–H and O–H groups in total. The number of nitriles is 1. The maximum Gasteiger partial charge on any atom is 0.410 e. The van der Waals surface area contributed by atoms with E-state index in [2.05, 4.69) is 11.4 Å². The molecule has 0 fully saturated rings. The lowest BCUT2D eigenvalue weighted by Gasteiger charge is -2.24. The van der Waals surface area contributed by atoms with E-state index in [9.17, 15) is 9.59 Å². The Balaban J connectivity index is 2.33. The van der Waals surface area contributed by atoms with Crippen LogP contribution in [0.5, 0.6) is 0 Å². The van der Waals surface area contributed by atoms with Gasteiger partial charge in [-0.15, -0.1) is 0 Å². The molecular weight excluding hydrogens is 306 g/mol. The van der Waals surface area contributed by atoms with Crippen LogP contribution >= 0.6 is 0 Å². The third-order valence-corrected chi connectivity index (χ3v) is 3.12. The molecule has 0 unspecified atom stereocenters. The lowest BCUT2D eigenvalue weighted by atomic mass is 10.1. The summed E-state index contributed by atoms with van der Waals surface area (Å²) in [5, 5.41) is 11.4. The first-order valence-electron chi connectivity index (χ1n) is 7.91. The zero-order valence-corrected chi connectivity index (χ0v) is 14.8. The highest BCUT2D eigenvalue weighted by atomic mass is 16.6. The maximum absolute atomic E-state index is 11.9. The molecule has 6 heteroatoms. The number of ether oxygens (including phenoxy) is 1. The highest BCUT2D eigenvalue weighted by Gasteiger charge is 2.19. The van der Waals surface area contributed by atoms with Crippen LogP contribution in [0.25, 0.3) is 0 Å². The van der Waals surface area contributed by atoms with E-state index in [1.165, 1.54) is 4.90 Å². The van der Waals surface area contributed by atoms with Crippen molar-refractivity contribution >= 4 is 17.7 Å². The fraction of sp³-hybridized carbons (Fsp3) is 0.500. The van der Waals surface area contributed by atoms with Crippen LogP contribution in [-0.2, 0) is 16.0 Å². The molecule has 0 aliphatic heterocycles. The average molecular weight is 331 g/mol. The van der Waals surface area contributed by atoms with Gasteiger partial charge in [-0.25, -0.2) is 4.79 Å². The third-order valence-electron chi connectivity index (χ3n) is 3.12. The molecule has 6 nitrogen and oxygen atoms in total. The standard InChI is InChI=1S/C18H25N3O3/c1-18(2,3)24-17(23)21(4)13-5-6-16(22)20-15-9-7-14(8-10-15)11-12-19/h7-10H,5-6,11,13H2,1-4H3,(H,20,22). The van der Waals surface area contributed by atoms with Crippen LogP contribution in [0, 0.1) is 11.3 Å². The lowest BCUT2D eigenvalue weighted by molar-refractivity contribution is -0.116. The highest BCUT2D eigenvalue weighted by Crippen LogP contribution is 2.12. The van der Waals surface area contributed by atoms with E-state index in [-0.39, 0.29) is 5.91 Å². The zero-order chi connectivity index (χ0) is 18.2. The van der Waals surface area contributed by atoms with Crippen molar-refractivity contribution < 1.29 is 14.3 Å². The SMILES string of the molecule is CN(CCCC(=O)Nc1ccc(CC#N)cc1)C(=O)OC(C)(C)C. The van der Waals surface area contributed by atoms with Gasteiger partial charge in [-0.3, -0.25) is 4.79 Å². The third kappa shape index (κ3) is 7.63. The zero-order valence-electron chi connectivity index (χ0n) is 14.8. The monoisotopic (exact) mass is 331 g/mol. The van der Waals surface area contributed by atoms with Gasteiger partial charge in [-0.05, 0) is 44.9 Å². The van der Waals surface area contributed by atoms with Crippen molar-refractivity contribution in [2.75, 3.05) is 18.9 Å². The molecule has 1 aromatic carbocycles. The largest absolute Gasteiger partial charge is 0.444 e.